The van der Waals surface area contributed by atoms with Gasteiger partial charge < -0.3 is 4.74 Å². The number of halogens is 1. The minimum Gasteiger partial charge on any atom is -0.479 e. The molecule has 1 aromatic heterocycles. The van der Waals surface area contributed by atoms with Crippen LogP contribution in [0.3, 0.4) is 0 Å². The highest BCUT2D eigenvalue weighted by atomic mass is 35.5. The fraction of sp³-hybridized carbons (Fsp3) is 0.167. The number of para-hydroxylation sites is 2. The van der Waals surface area contributed by atoms with Crippen LogP contribution >= 0.6 is 35.6 Å². The third kappa shape index (κ3) is 3.86. The molecule has 0 bridgehead atoms. The van der Waals surface area contributed by atoms with Crippen molar-refractivity contribution in [1.82, 2.24) is 9.55 Å². The van der Waals surface area contributed by atoms with Gasteiger partial charge in [-0.2, -0.15) is 0 Å². The number of rotatable bonds is 4. The second kappa shape index (κ2) is 7.99. The second-order valence-electron chi connectivity index (χ2n) is 5.11. The maximum Gasteiger partial charge on any atom is 0.266 e. The molecule has 0 saturated carbocycles. The Labute approximate surface area is 159 Å². The van der Waals surface area contributed by atoms with Gasteiger partial charge in [0.25, 0.3) is 5.56 Å². The van der Waals surface area contributed by atoms with Crippen LogP contribution in [0.1, 0.15) is 12.7 Å². The third-order valence-electron chi connectivity index (χ3n) is 3.52. The monoisotopic (exact) mass is 390 g/mol. The lowest BCUT2D eigenvalue weighted by molar-refractivity contribution is 0.346. The molecule has 4 nitrogen and oxygen atoms in total. The van der Waals surface area contributed by atoms with Crippen molar-refractivity contribution in [3.63, 3.8) is 0 Å². The van der Waals surface area contributed by atoms with E-state index in [1.54, 1.807) is 22.8 Å². The molecule has 0 atom stereocenters. The first-order valence-corrected chi connectivity index (χ1v) is 9.44. The van der Waals surface area contributed by atoms with E-state index in [4.69, 9.17) is 28.6 Å². The van der Waals surface area contributed by atoms with E-state index in [-0.39, 0.29) is 5.56 Å². The quantitative estimate of drug-likeness (QED) is 0.609. The van der Waals surface area contributed by atoms with E-state index in [0.717, 1.165) is 0 Å². The maximum absolute atomic E-state index is 13.1. The minimum absolute atomic E-state index is 0.156. The van der Waals surface area contributed by atoms with Gasteiger partial charge in [0, 0.05) is 0 Å². The minimum atomic E-state index is -0.156. The van der Waals surface area contributed by atoms with Crippen LogP contribution in [0.25, 0.3) is 16.6 Å². The number of benzene rings is 2. The Balaban J connectivity index is 2.16. The van der Waals surface area contributed by atoms with Crippen LogP contribution in [0.2, 0.25) is 5.02 Å². The van der Waals surface area contributed by atoms with Crippen molar-refractivity contribution >= 4 is 50.9 Å². The van der Waals surface area contributed by atoms with E-state index in [1.165, 1.54) is 11.8 Å². The van der Waals surface area contributed by atoms with Crippen LogP contribution in [0.15, 0.2) is 53.3 Å². The molecule has 0 amide bonds. The number of thiocarbonyl (C=S) groups is 1. The summed E-state index contributed by atoms with van der Waals surface area (Å²) in [5, 5.41) is 1.03. The molecule has 0 fully saturated rings. The van der Waals surface area contributed by atoms with Crippen molar-refractivity contribution in [1.29, 1.82) is 0 Å². The van der Waals surface area contributed by atoms with E-state index in [0.29, 0.717) is 44.2 Å². The van der Waals surface area contributed by atoms with Crippen LogP contribution in [0.4, 0.5) is 0 Å². The van der Waals surface area contributed by atoms with Gasteiger partial charge in [-0.05, 0) is 43.4 Å². The van der Waals surface area contributed by atoms with Crippen molar-refractivity contribution in [2.45, 2.75) is 12.7 Å². The summed E-state index contributed by atoms with van der Waals surface area (Å²) in [4.78, 5) is 17.7. The smallest absolute Gasteiger partial charge is 0.266 e. The van der Waals surface area contributed by atoms with E-state index in [1.807, 2.05) is 37.3 Å². The molecule has 3 rings (SSSR count). The van der Waals surface area contributed by atoms with E-state index in [9.17, 15) is 4.79 Å². The number of nitrogens with zero attached hydrogens (tertiary/aromatic N) is 2. The summed E-state index contributed by atoms with van der Waals surface area (Å²) >= 11 is 12.8. The first kappa shape index (κ1) is 17.9. The van der Waals surface area contributed by atoms with Crippen molar-refractivity contribution in [2.24, 2.45) is 0 Å². The number of hydrogen-bond acceptors (Lipinski definition) is 5. The van der Waals surface area contributed by atoms with Crippen molar-refractivity contribution < 1.29 is 4.74 Å². The number of fused-ring (bicyclic) bond motifs is 1. The van der Waals surface area contributed by atoms with Crippen molar-refractivity contribution in [3.8, 4) is 5.69 Å². The number of thioether (sulfide) groups is 1. The van der Waals surface area contributed by atoms with Gasteiger partial charge in [-0.3, -0.25) is 9.36 Å². The highest BCUT2D eigenvalue weighted by molar-refractivity contribution is 8.22. The van der Waals surface area contributed by atoms with Gasteiger partial charge in [0.1, 0.15) is 5.82 Å². The normalized spacial score (nSPS) is 10.8. The summed E-state index contributed by atoms with van der Waals surface area (Å²) in [6.07, 6.45) is 0. The molecule has 0 spiro atoms. The number of aromatic nitrogens is 2. The van der Waals surface area contributed by atoms with Gasteiger partial charge in [0.2, 0.25) is 4.38 Å². The molecule has 0 saturated heterocycles. The van der Waals surface area contributed by atoms with Crippen LogP contribution in [0, 0.1) is 0 Å². The fourth-order valence-corrected chi connectivity index (χ4v) is 3.60. The molecule has 0 aliphatic rings. The summed E-state index contributed by atoms with van der Waals surface area (Å²) in [5.74, 6) is 0.980. The van der Waals surface area contributed by atoms with Crippen LogP contribution < -0.4 is 5.56 Å². The maximum atomic E-state index is 13.1. The van der Waals surface area contributed by atoms with Gasteiger partial charge in [0.15, 0.2) is 0 Å². The Bertz CT molecular complexity index is 988. The highest BCUT2D eigenvalue weighted by Gasteiger charge is 2.15. The molecule has 0 aliphatic heterocycles. The summed E-state index contributed by atoms with van der Waals surface area (Å²) in [7, 11) is 0. The topological polar surface area (TPSA) is 44.1 Å². The first-order valence-electron chi connectivity index (χ1n) is 7.67. The molecule has 2 aromatic carbocycles. The second-order valence-corrected chi connectivity index (χ2v) is 7.09. The lowest BCUT2D eigenvalue weighted by Gasteiger charge is -2.14. The van der Waals surface area contributed by atoms with Gasteiger partial charge >= 0.3 is 0 Å². The predicted octanol–water partition coefficient (Wildman–Crippen LogP) is 4.59. The standard InChI is InChI=1S/C18H15ClN2O2S2/c1-2-23-18(24)25-11-16-20-14-9-5-3-7-12(14)17(22)21(16)15-10-6-4-8-13(15)19/h3-10H,2,11H2,1H3. The summed E-state index contributed by atoms with van der Waals surface area (Å²) in [5.41, 5.74) is 1.09. The Hall–Kier alpha value is -1.89. The lowest BCUT2D eigenvalue weighted by Crippen LogP contribution is -2.24. The zero-order valence-corrected chi connectivity index (χ0v) is 15.8. The molecule has 128 valence electrons. The van der Waals surface area contributed by atoms with Crippen LogP contribution in [0.5, 0.6) is 0 Å². The predicted molar refractivity (Wildman–Crippen MR) is 108 cm³/mol. The first-order chi connectivity index (χ1) is 12.1. The average Bonchev–Trinajstić information content (AvgIpc) is 2.61. The molecule has 0 unspecified atom stereocenters. The van der Waals surface area contributed by atoms with E-state index >= 15 is 0 Å². The third-order valence-corrected chi connectivity index (χ3v) is 5.07. The molecule has 7 heteroatoms. The molecule has 0 radical (unpaired) electrons. The van der Waals surface area contributed by atoms with Gasteiger partial charge in [-0.25, -0.2) is 4.98 Å². The average molecular weight is 391 g/mol. The zero-order valence-electron chi connectivity index (χ0n) is 13.4. The van der Waals surface area contributed by atoms with Gasteiger partial charge in [0.05, 0.1) is 34.0 Å². The van der Waals surface area contributed by atoms with E-state index < -0.39 is 0 Å². The summed E-state index contributed by atoms with van der Waals surface area (Å²) in [6, 6.07) is 14.5. The van der Waals surface area contributed by atoms with Crippen molar-refractivity contribution in [3.05, 3.63) is 69.7 Å². The Morgan fingerprint density at radius 1 is 1.24 bits per heavy atom. The summed E-state index contributed by atoms with van der Waals surface area (Å²) < 4.78 is 7.28. The molecule has 1 heterocycles. The van der Waals surface area contributed by atoms with Crippen molar-refractivity contribution in [2.75, 3.05) is 6.61 Å². The number of ether oxygens (including phenoxy) is 1. The molecule has 25 heavy (non-hydrogen) atoms. The van der Waals surface area contributed by atoms with Gasteiger partial charge in [-0.1, -0.05) is 47.6 Å². The highest BCUT2D eigenvalue weighted by Crippen LogP contribution is 2.23. The number of hydrogen-bond donors (Lipinski definition) is 0. The SMILES string of the molecule is CCOC(=S)SCc1nc2ccccc2c(=O)n1-c1ccccc1Cl. The lowest BCUT2D eigenvalue weighted by atomic mass is 10.2. The molecule has 0 N–H and O–H groups in total. The van der Waals surface area contributed by atoms with Gasteiger partial charge in [-0.15, -0.1) is 0 Å². The molecule has 0 aliphatic carbocycles. The van der Waals surface area contributed by atoms with E-state index in [2.05, 4.69) is 4.98 Å². The fourth-order valence-electron chi connectivity index (χ4n) is 2.44. The van der Waals surface area contributed by atoms with Crippen LogP contribution in [-0.4, -0.2) is 20.5 Å². The largest absolute Gasteiger partial charge is 0.479 e. The van der Waals surface area contributed by atoms with Crippen LogP contribution in [-0.2, 0) is 10.5 Å². The zero-order chi connectivity index (χ0) is 17.8. The Morgan fingerprint density at radius 3 is 2.72 bits per heavy atom. The molecule has 3 aromatic rings. The summed E-state index contributed by atoms with van der Waals surface area (Å²) in [6.45, 7) is 2.38. The molecular weight excluding hydrogens is 376 g/mol. The molecular formula is C18H15ClN2O2S2. The Kier molecular flexibility index (Phi) is 5.73. The Morgan fingerprint density at radius 2 is 1.96 bits per heavy atom.